The van der Waals surface area contributed by atoms with Crippen molar-refractivity contribution >= 4 is 5.91 Å². The van der Waals surface area contributed by atoms with E-state index in [4.69, 9.17) is 0 Å². The molecule has 2 aromatic heterocycles. The highest BCUT2D eigenvalue weighted by Crippen LogP contribution is 2.21. The summed E-state index contributed by atoms with van der Waals surface area (Å²) in [5, 5.41) is 17.9. The zero-order chi connectivity index (χ0) is 17.8. The minimum atomic E-state index is -0.212. The topological polar surface area (TPSA) is 88.5 Å². The van der Waals surface area contributed by atoms with Crippen molar-refractivity contribution in [2.75, 3.05) is 0 Å². The van der Waals surface area contributed by atoms with Gasteiger partial charge in [0.2, 0.25) is 0 Å². The fourth-order valence-corrected chi connectivity index (χ4v) is 2.81. The molecule has 0 spiro atoms. The van der Waals surface area contributed by atoms with E-state index in [2.05, 4.69) is 25.8 Å². The van der Waals surface area contributed by atoms with Crippen molar-refractivity contribution in [2.45, 2.75) is 26.3 Å². The number of hydrogen-bond acceptors (Lipinski definition) is 4. The van der Waals surface area contributed by atoms with Gasteiger partial charge < -0.3 is 5.32 Å². The average Bonchev–Trinajstić information content (AvgIpc) is 3.24. The lowest BCUT2D eigenvalue weighted by atomic mass is 10.0. The smallest absolute Gasteiger partial charge is 0.255 e. The van der Waals surface area contributed by atoms with Gasteiger partial charge in [0.1, 0.15) is 5.69 Å². The van der Waals surface area contributed by atoms with Gasteiger partial charge in [0.05, 0.1) is 29.7 Å². The van der Waals surface area contributed by atoms with E-state index in [0.29, 0.717) is 12.0 Å². The summed E-state index contributed by atoms with van der Waals surface area (Å²) in [5.41, 5.74) is 3.32. The number of rotatable bonds is 6. The molecule has 2 N–H and O–H groups in total. The molecule has 0 aliphatic heterocycles. The van der Waals surface area contributed by atoms with Gasteiger partial charge >= 0.3 is 0 Å². The van der Waals surface area contributed by atoms with Gasteiger partial charge in [0.25, 0.3) is 5.91 Å². The zero-order valence-electron chi connectivity index (χ0n) is 14.6. The summed E-state index contributed by atoms with van der Waals surface area (Å²) in [5.74, 6) is 0.0315. The molecule has 0 saturated carbocycles. The van der Waals surface area contributed by atoms with Gasteiger partial charge in [0.15, 0.2) is 0 Å². The van der Waals surface area contributed by atoms with Crippen LogP contribution in [0.25, 0.3) is 0 Å². The second-order valence-corrected chi connectivity index (χ2v) is 6.38. The second-order valence-electron chi connectivity index (χ2n) is 6.38. The average molecular weight is 338 g/mol. The van der Waals surface area contributed by atoms with Crippen molar-refractivity contribution in [3.8, 4) is 0 Å². The fraction of sp³-hybridized carbons (Fsp3) is 0.333. The number of hydrogen-bond donors (Lipinski definition) is 2. The lowest BCUT2D eigenvalue weighted by Crippen LogP contribution is -2.32. The van der Waals surface area contributed by atoms with Crippen LogP contribution in [-0.2, 0) is 13.5 Å². The molecule has 1 amide bonds. The summed E-state index contributed by atoms with van der Waals surface area (Å²) in [4.78, 5) is 12.9. The molecule has 3 aromatic rings. The minimum Gasteiger partial charge on any atom is -0.343 e. The number of H-pyrrole nitrogens is 1. The van der Waals surface area contributed by atoms with E-state index in [1.165, 1.54) is 0 Å². The van der Waals surface area contributed by atoms with Crippen molar-refractivity contribution in [1.29, 1.82) is 0 Å². The Morgan fingerprint density at radius 2 is 2.00 bits per heavy atom. The van der Waals surface area contributed by atoms with E-state index in [0.717, 1.165) is 17.0 Å². The number of nitrogens with zero attached hydrogens (tertiary/aromatic N) is 4. The third-order valence-corrected chi connectivity index (χ3v) is 4.23. The first-order valence-electron chi connectivity index (χ1n) is 8.27. The van der Waals surface area contributed by atoms with E-state index in [1.807, 2.05) is 51.2 Å². The van der Waals surface area contributed by atoms with Crippen molar-refractivity contribution < 1.29 is 4.79 Å². The van der Waals surface area contributed by atoms with Crippen molar-refractivity contribution in [3.63, 3.8) is 0 Å². The Labute approximate surface area is 146 Å². The first-order valence-corrected chi connectivity index (χ1v) is 8.27. The van der Waals surface area contributed by atoms with E-state index < -0.39 is 0 Å². The molecule has 0 bridgehead atoms. The standard InChI is InChI=1S/C18H22N6O/c1-12(2)17(15-11-19-23-22-15)21-18(25)14-10-20-24(3)16(14)9-13-7-5-4-6-8-13/h4-8,10-12,17H,9H2,1-3H3,(H,21,25)(H,19,22,23). The molecule has 0 radical (unpaired) electrons. The number of amides is 1. The van der Waals surface area contributed by atoms with Crippen LogP contribution >= 0.6 is 0 Å². The van der Waals surface area contributed by atoms with Gasteiger partial charge in [-0.25, -0.2) is 0 Å². The highest BCUT2D eigenvalue weighted by Gasteiger charge is 2.24. The lowest BCUT2D eigenvalue weighted by Gasteiger charge is -2.20. The Hall–Kier alpha value is -2.96. The monoisotopic (exact) mass is 338 g/mol. The maximum absolute atomic E-state index is 12.9. The molecule has 7 heteroatoms. The Kier molecular flexibility index (Phi) is 4.92. The molecule has 1 atom stereocenters. The van der Waals surface area contributed by atoms with Gasteiger partial charge in [0, 0.05) is 13.5 Å². The molecule has 2 heterocycles. The second kappa shape index (κ2) is 7.29. The van der Waals surface area contributed by atoms with Gasteiger partial charge in [-0.2, -0.15) is 20.5 Å². The maximum Gasteiger partial charge on any atom is 0.255 e. The van der Waals surface area contributed by atoms with Crippen LogP contribution in [0.2, 0.25) is 0 Å². The molecule has 1 aromatic carbocycles. The molecule has 3 rings (SSSR count). The highest BCUT2D eigenvalue weighted by atomic mass is 16.1. The fourth-order valence-electron chi connectivity index (χ4n) is 2.81. The van der Waals surface area contributed by atoms with Gasteiger partial charge in [-0.3, -0.25) is 9.48 Å². The number of benzene rings is 1. The van der Waals surface area contributed by atoms with Crippen molar-refractivity contribution in [2.24, 2.45) is 13.0 Å². The Morgan fingerprint density at radius 3 is 2.64 bits per heavy atom. The largest absolute Gasteiger partial charge is 0.343 e. The van der Waals surface area contributed by atoms with Gasteiger partial charge in [-0.05, 0) is 11.5 Å². The molecular formula is C18H22N6O. The molecule has 0 aliphatic carbocycles. The number of aromatic nitrogens is 5. The normalized spacial score (nSPS) is 12.3. The van der Waals surface area contributed by atoms with Crippen LogP contribution in [0.4, 0.5) is 0 Å². The third kappa shape index (κ3) is 3.76. The van der Waals surface area contributed by atoms with Crippen LogP contribution in [0, 0.1) is 5.92 Å². The molecule has 1 unspecified atom stereocenters. The minimum absolute atomic E-state index is 0.152. The quantitative estimate of drug-likeness (QED) is 0.721. The summed E-state index contributed by atoms with van der Waals surface area (Å²) in [6.45, 7) is 4.07. The Balaban J connectivity index is 1.83. The van der Waals surface area contributed by atoms with E-state index in [1.54, 1.807) is 17.1 Å². The summed E-state index contributed by atoms with van der Waals surface area (Å²) in [6.07, 6.45) is 3.91. The van der Waals surface area contributed by atoms with Crippen molar-refractivity contribution in [3.05, 3.63) is 65.2 Å². The number of aryl methyl sites for hydroxylation is 1. The summed E-state index contributed by atoms with van der Waals surface area (Å²) in [7, 11) is 1.85. The predicted molar refractivity (Wildman–Crippen MR) is 93.9 cm³/mol. The zero-order valence-corrected chi connectivity index (χ0v) is 14.6. The number of carbonyl (C=O) groups is 1. The van der Waals surface area contributed by atoms with Gasteiger partial charge in [-0.1, -0.05) is 44.2 Å². The van der Waals surface area contributed by atoms with Crippen LogP contribution in [-0.4, -0.2) is 31.1 Å². The molecule has 0 aliphatic rings. The first kappa shape index (κ1) is 16.9. The molecular weight excluding hydrogens is 316 g/mol. The summed E-state index contributed by atoms with van der Waals surface area (Å²) in [6, 6.07) is 9.83. The molecule has 25 heavy (non-hydrogen) atoms. The van der Waals surface area contributed by atoms with Gasteiger partial charge in [-0.15, -0.1) is 0 Å². The lowest BCUT2D eigenvalue weighted by molar-refractivity contribution is 0.0923. The van der Waals surface area contributed by atoms with E-state index >= 15 is 0 Å². The number of carbonyl (C=O) groups excluding carboxylic acids is 1. The SMILES string of the molecule is CC(C)C(NC(=O)c1cnn(C)c1Cc1ccccc1)c1cn[nH]n1. The summed E-state index contributed by atoms with van der Waals surface area (Å²) >= 11 is 0. The first-order chi connectivity index (χ1) is 12.1. The van der Waals surface area contributed by atoms with Crippen LogP contribution in [0.5, 0.6) is 0 Å². The molecule has 7 nitrogen and oxygen atoms in total. The molecule has 0 saturated heterocycles. The highest BCUT2D eigenvalue weighted by molar-refractivity contribution is 5.95. The number of nitrogens with one attached hydrogen (secondary N) is 2. The maximum atomic E-state index is 12.9. The Bertz CT molecular complexity index is 823. The van der Waals surface area contributed by atoms with Crippen LogP contribution in [0.3, 0.4) is 0 Å². The van der Waals surface area contributed by atoms with Crippen LogP contribution in [0.1, 0.15) is 47.2 Å². The van der Waals surface area contributed by atoms with Crippen LogP contribution in [0.15, 0.2) is 42.7 Å². The van der Waals surface area contributed by atoms with Crippen LogP contribution < -0.4 is 5.32 Å². The third-order valence-electron chi connectivity index (χ3n) is 4.23. The molecule has 130 valence electrons. The molecule has 0 fully saturated rings. The summed E-state index contributed by atoms with van der Waals surface area (Å²) < 4.78 is 1.75. The number of aromatic amines is 1. The van der Waals surface area contributed by atoms with Crippen molar-refractivity contribution in [1.82, 2.24) is 30.5 Å². The Morgan fingerprint density at radius 1 is 1.24 bits per heavy atom. The van der Waals surface area contributed by atoms with E-state index in [9.17, 15) is 4.79 Å². The van der Waals surface area contributed by atoms with E-state index in [-0.39, 0.29) is 17.9 Å². The predicted octanol–water partition coefficient (Wildman–Crippen LogP) is 2.26.